The van der Waals surface area contributed by atoms with Gasteiger partial charge >= 0.3 is 0 Å². The van der Waals surface area contributed by atoms with Crippen LogP contribution in [0.5, 0.6) is 0 Å². The zero-order chi connectivity index (χ0) is 17.1. The van der Waals surface area contributed by atoms with E-state index in [0.717, 1.165) is 61.3 Å². The Bertz CT molecular complexity index is 766. The maximum absolute atomic E-state index is 12.9. The van der Waals surface area contributed by atoms with Gasteiger partial charge in [0.15, 0.2) is 0 Å². The summed E-state index contributed by atoms with van der Waals surface area (Å²) in [4.78, 5) is 22.9. The van der Waals surface area contributed by atoms with Crippen LogP contribution in [0.4, 0.5) is 0 Å². The number of H-pyrrole nitrogens is 1. The van der Waals surface area contributed by atoms with Crippen LogP contribution >= 0.6 is 0 Å². The van der Waals surface area contributed by atoms with Crippen molar-refractivity contribution in [2.45, 2.75) is 38.1 Å². The van der Waals surface area contributed by atoms with E-state index in [9.17, 15) is 4.79 Å². The predicted molar refractivity (Wildman–Crippen MR) is 95.6 cm³/mol. The summed E-state index contributed by atoms with van der Waals surface area (Å²) in [5.74, 6) is 0.978. The fraction of sp³-hybridized carbons (Fsp3) is 0.400. The summed E-state index contributed by atoms with van der Waals surface area (Å²) in [6.07, 6.45) is 8.33. The molecule has 1 saturated heterocycles. The van der Waals surface area contributed by atoms with Gasteiger partial charge in [-0.25, -0.2) is 4.98 Å². The van der Waals surface area contributed by atoms with Crippen molar-refractivity contribution in [3.8, 4) is 11.3 Å². The first-order valence-electron chi connectivity index (χ1n) is 9.05. The lowest BCUT2D eigenvalue weighted by molar-refractivity contribution is -0.131. The molecule has 0 aliphatic carbocycles. The van der Waals surface area contributed by atoms with Crippen molar-refractivity contribution in [3.05, 3.63) is 54.2 Å². The van der Waals surface area contributed by atoms with Crippen LogP contribution in [0, 0.1) is 0 Å². The van der Waals surface area contributed by atoms with E-state index in [1.165, 1.54) is 0 Å². The topological polar surface area (TPSA) is 58.2 Å². The number of amides is 1. The normalized spacial score (nSPS) is 20.7. The Morgan fingerprint density at radius 2 is 2.08 bits per heavy atom. The number of aromatic amines is 1. The van der Waals surface area contributed by atoms with Crippen molar-refractivity contribution in [2.75, 3.05) is 13.2 Å². The molecule has 0 unspecified atom stereocenters. The SMILES string of the molecule is O=C(C1=COCCC1)N1CCCC[C@H]1c1ncc(-c2ccccc2)[nH]1. The molecular formula is C20H23N3O2. The molecule has 130 valence electrons. The number of hydrogen-bond acceptors (Lipinski definition) is 3. The van der Waals surface area contributed by atoms with E-state index in [1.807, 2.05) is 29.3 Å². The molecule has 1 aromatic heterocycles. The van der Waals surface area contributed by atoms with Crippen molar-refractivity contribution in [1.29, 1.82) is 0 Å². The lowest BCUT2D eigenvalue weighted by Gasteiger charge is -2.35. The minimum Gasteiger partial charge on any atom is -0.501 e. The number of piperidine rings is 1. The molecule has 1 N–H and O–H groups in total. The van der Waals surface area contributed by atoms with E-state index >= 15 is 0 Å². The van der Waals surface area contributed by atoms with Crippen molar-refractivity contribution < 1.29 is 9.53 Å². The summed E-state index contributed by atoms with van der Waals surface area (Å²) in [6, 6.07) is 10.2. The maximum atomic E-state index is 12.9. The van der Waals surface area contributed by atoms with E-state index < -0.39 is 0 Å². The Labute approximate surface area is 147 Å². The zero-order valence-corrected chi connectivity index (χ0v) is 14.3. The number of imidazole rings is 1. The number of carbonyl (C=O) groups excluding carboxylic acids is 1. The first-order valence-corrected chi connectivity index (χ1v) is 9.05. The standard InChI is InChI=1S/C20H23N3O2/c24-20(16-9-6-12-25-14-16)23-11-5-4-10-18(23)19-21-13-17(22-19)15-7-2-1-3-8-15/h1-3,7-8,13-14,18H,4-6,9-12H2,(H,21,22)/t18-/m0/s1. The Hall–Kier alpha value is -2.56. The van der Waals surface area contributed by atoms with Crippen LogP contribution in [-0.2, 0) is 9.53 Å². The summed E-state index contributed by atoms with van der Waals surface area (Å²) in [5, 5.41) is 0. The van der Waals surface area contributed by atoms with E-state index in [0.29, 0.717) is 6.61 Å². The van der Waals surface area contributed by atoms with Crippen molar-refractivity contribution in [3.63, 3.8) is 0 Å². The zero-order valence-electron chi connectivity index (χ0n) is 14.3. The van der Waals surface area contributed by atoms with Gasteiger partial charge in [-0.2, -0.15) is 0 Å². The number of nitrogens with zero attached hydrogens (tertiary/aromatic N) is 2. The quantitative estimate of drug-likeness (QED) is 0.926. The van der Waals surface area contributed by atoms with Gasteiger partial charge in [-0.15, -0.1) is 0 Å². The minimum atomic E-state index is 0.0153. The molecule has 1 amide bonds. The number of carbonyl (C=O) groups is 1. The first-order chi connectivity index (χ1) is 12.3. The first kappa shape index (κ1) is 15.9. The third kappa shape index (κ3) is 3.31. The highest BCUT2D eigenvalue weighted by Crippen LogP contribution is 2.32. The third-order valence-electron chi connectivity index (χ3n) is 4.97. The maximum Gasteiger partial charge on any atom is 0.253 e. The van der Waals surface area contributed by atoms with Crippen LogP contribution in [0.1, 0.15) is 44.0 Å². The van der Waals surface area contributed by atoms with Gasteiger partial charge in [0.1, 0.15) is 5.82 Å². The molecule has 2 aromatic rings. The molecule has 1 atom stereocenters. The molecule has 0 radical (unpaired) electrons. The summed E-state index contributed by atoms with van der Waals surface area (Å²) >= 11 is 0. The summed E-state index contributed by atoms with van der Waals surface area (Å²) in [5.41, 5.74) is 2.89. The van der Waals surface area contributed by atoms with Crippen LogP contribution < -0.4 is 0 Å². The molecule has 2 aliphatic rings. The lowest BCUT2D eigenvalue weighted by Crippen LogP contribution is -2.40. The highest BCUT2D eigenvalue weighted by atomic mass is 16.5. The second kappa shape index (κ2) is 7.13. The number of ether oxygens (including phenoxy) is 1. The van der Waals surface area contributed by atoms with Crippen LogP contribution in [0.25, 0.3) is 11.3 Å². The van der Waals surface area contributed by atoms with Gasteiger partial charge in [0.05, 0.1) is 36.4 Å². The summed E-state index contributed by atoms with van der Waals surface area (Å²) in [6.45, 7) is 1.49. The molecule has 0 saturated carbocycles. The van der Waals surface area contributed by atoms with E-state index in [2.05, 4.69) is 22.1 Å². The Kier molecular flexibility index (Phi) is 4.55. The molecule has 3 heterocycles. The van der Waals surface area contributed by atoms with Crippen molar-refractivity contribution in [2.24, 2.45) is 0 Å². The Morgan fingerprint density at radius 3 is 2.88 bits per heavy atom. The average Bonchev–Trinajstić information content (AvgIpc) is 3.19. The Balaban J connectivity index is 1.58. The molecule has 5 heteroatoms. The summed E-state index contributed by atoms with van der Waals surface area (Å²) < 4.78 is 5.36. The molecule has 1 aromatic carbocycles. The number of benzene rings is 1. The highest BCUT2D eigenvalue weighted by Gasteiger charge is 2.32. The minimum absolute atomic E-state index is 0.0153. The molecule has 4 rings (SSSR count). The highest BCUT2D eigenvalue weighted by molar-refractivity contribution is 5.93. The molecule has 0 bridgehead atoms. The molecule has 5 nitrogen and oxygen atoms in total. The summed E-state index contributed by atoms with van der Waals surface area (Å²) in [7, 11) is 0. The van der Waals surface area contributed by atoms with Crippen molar-refractivity contribution in [1.82, 2.24) is 14.9 Å². The molecule has 1 fully saturated rings. The van der Waals surface area contributed by atoms with Gasteiger partial charge in [0, 0.05) is 6.54 Å². The van der Waals surface area contributed by atoms with Crippen LogP contribution in [0.15, 0.2) is 48.4 Å². The fourth-order valence-electron chi connectivity index (χ4n) is 3.64. The number of hydrogen-bond donors (Lipinski definition) is 1. The number of aromatic nitrogens is 2. The second-order valence-corrected chi connectivity index (χ2v) is 6.68. The van der Waals surface area contributed by atoms with Gasteiger partial charge in [-0.05, 0) is 37.7 Å². The van der Waals surface area contributed by atoms with Gasteiger partial charge < -0.3 is 14.6 Å². The van der Waals surface area contributed by atoms with E-state index in [1.54, 1.807) is 6.26 Å². The second-order valence-electron chi connectivity index (χ2n) is 6.68. The number of rotatable bonds is 3. The lowest BCUT2D eigenvalue weighted by atomic mass is 9.99. The number of likely N-dealkylation sites (tertiary alicyclic amines) is 1. The van der Waals surface area contributed by atoms with Gasteiger partial charge in [-0.1, -0.05) is 30.3 Å². The average molecular weight is 337 g/mol. The van der Waals surface area contributed by atoms with Crippen LogP contribution in [0.3, 0.4) is 0 Å². The molecule has 0 spiro atoms. The smallest absolute Gasteiger partial charge is 0.253 e. The molecule has 25 heavy (non-hydrogen) atoms. The number of nitrogens with one attached hydrogen (secondary N) is 1. The van der Waals surface area contributed by atoms with Crippen LogP contribution in [-0.4, -0.2) is 33.9 Å². The van der Waals surface area contributed by atoms with Crippen LogP contribution in [0.2, 0.25) is 0 Å². The van der Waals surface area contributed by atoms with Gasteiger partial charge in [-0.3, -0.25) is 4.79 Å². The van der Waals surface area contributed by atoms with E-state index in [-0.39, 0.29) is 11.9 Å². The van der Waals surface area contributed by atoms with Gasteiger partial charge in [0.25, 0.3) is 5.91 Å². The van der Waals surface area contributed by atoms with E-state index in [4.69, 9.17) is 4.74 Å². The predicted octanol–water partition coefficient (Wildman–Crippen LogP) is 3.82. The third-order valence-corrected chi connectivity index (χ3v) is 4.97. The largest absolute Gasteiger partial charge is 0.501 e. The fourth-order valence-corrected chi connectivity index (χ4v) is 3.64. The monoisotopic (exact) mass is 337 g/mol. The Morgan fingerprint density at radius 1 is 1.20 bits per heavy atom. The van der Waals surface area contributed by atoms with Gasteiger partial charge in [0.2, 0.25) is 0 Å². The molecule has 2 aliphatic heterocycles. The molecular weight excluding hydrogens is 314 g/mol. The van der Waals surface area contributed by atoms with Crippen molar-refractivity contribution >= 4 is 5.91 Å².